The standard InChI is InChI=1S/C23H30F2O3.C2H6/c1-3-4-5-16-6-8-17(9-7-16)18-10-11-19(27-14-18)15-28-21-13-12-20(26-2)22(24)23(21)25;1-2/h6-9,18-19H,3-5,10-15H2,1-2H3;1-2H3. The van der Waals surface area contributed by atoms with Crippen molar-refractivity contribution in [2.24, 2.45) is 0 Å². The molecule has 168 valence electrons. The Bertz CT molecular complexity index is 702. The summed E-state index contributed by atoms with van der Waals surface area (Å²) < 4.78 is 44.2. The number of ether oxygens (including phenoxy) is 3. The maximum Gasteiger partial charge on any atom is 0.199 e. The second-order valence-electron chi connectivity index (χ2n) is 7.56. The highest BCUT2D eigenvalue weighted by Gasteiger charge is 2.27. The number of methoxy groups -OCH3 is 1. The number of benzene rings is 1. The molecule has 3 rings (SSSR count). The molecule has 0 spiro atoms. The van der Waals surface area contributed by atoms with Crippen LogP contribution in [0, 0.1) is 0 Å². The highest BCUT2D eigenvalue weighted by Crippen LogP contribution is 2.34. The summed E-state index contributed by atoms with van der Waals surface area (Å²) in [5.74, 6) is -1.41. The second kappa shape index (κ2) is 12.7. The van der Waals surface area contributed by atoms with Gasteiger partial charge in [0.25, 0.3) is 0 Å². The van der Waals surface area contributed by atoms with Crippen LogP contribution in [-0.2, 0) is 20.6 Å². The van der Waals surface area contributed by atoms with E-state index in [1.54, 1.807) is 0 Å². The summed E-state index contributed by atoms with van der Waals surface area (Å²) >= 11 is 0. The Hall–Kier alpha value is -1.88. The number of hydrogen-bond acceptors (Lipinski definition) is 3. The molecule has 0 amide bonds. The first kappa shape index (κ1) is 24.4. The van der Waals surface area contributed by atoms with Crippen LogP contribution in [0.3, 0.4) is 0 Å². The van der Waals surface area contributed by atoms with Crippen LogP contribution in [-0.4, -0.2) is 26.4 Å². The monoisotopic (exact) mass is 422 g/mol. The lowest BCUT2D eigenvalue weighted by Crippen LogP contribution is -2.28. The molecule has 0 bridgehead atoms. The number of unbranched alkanes of at least 4 members (excludes halogenated alkanes) is 1. The minimum atomic E-state index is -0.948. The van der Waals surface area contributed by atoms with Gasteiger partial charge >= 0.3 is 0 Å². The third kappa shape index (κ3) is 6.56. The van der Waals surface area contributed by atoms with E-state index in [2.05, 4.69) is 31.2 Å². The van der Waals surface area contributed by atoms with E-state index in [-0.39, 0.29) is 24.2 Å². The first-order chi connectivity index (χ1) is 14.6. The molecule has 3 nitrogen and oxygen atoms in total. The predicted molar refractivity (Wildman–Crippen MR) is 117 cm³/mol. The van der Waals surface area contributed by atoms with Crippen LogP contribution in [0.1, 0.15) is 76.3 Å². The lowest BCUT2D eigenvalue weighted by atomic mass is 9.90. The Morgan fingerprint density at radius 2 is 1.67 bits per heavy atom. The summed E-state index contributed by atoms with van der Waals surface area (Å²) in [6, 6.07) is 8.85. The smallest absolute Gasteiger partial charge is 0.199 e. The quantitative estimate of drug-likeness (QED) is 0.446. The van der Waals surface area contributed by atoms with Crippen LogP contribution >= 0.6 is 0 Å². The lowest BCUT2D eigenvalue weighted by Gasteiger charge is -2.30. The zero-order chi connectivity index (χ0) is 21.9. The van der Waals surface area contributed by atoms with Gasteiger partial charge in [0.2, 0.25) is 0 Å². The minimum absolute atomic E-state index is 0.0438. The highest BCUT2D eigenvalue weighted by atomic mass is 19.2. The predicted octanol–water partition coefficient (Wildman–Crippen LogP) is 7.14. The van der Waals surface area contributed by atoms with Crippen molar-refractivity contribution in [3.63, 3.8) is 0 Å². The summed E-state index contributed by atoms with van der Waals surface area (Å²) in [6.45, 7) is 7.09. The Morgan fingerprint density at radius 3 is 2.27 bits per heavy atom. The molecule has 1 aromatic rings. The van der Waals surface area contributed by atoms with E-state index in [4.69, 9.17) is 14.2 Å². The molecule has 1 aromatic carbocycles. The molecule has 0 N–H and O–H groups in total. The molecule has 1 saturated heterocycles. The van der Waals surface area contributed by atoms with Gasteiger partial charge in [-0.25, -0.2) is 0 Å². The Kier molecular flexibility index (Phi) is 10.4. The summed E-state index contributed by atoms with van der Waals surface area (Å²) in [5.41, 5.74) is 2.69. The van der Waals surface area contributed by atoms with Crippen LogP contribution in [0.2, 0.25) is 0 Å². The number of rotatable bonds is 8. The molecule has 2 unspecified atom stereocenters. The number of halogens is 2. The molecular weight excluding hydrogens is 386 g/mol. The van der Waals surface area contributed by atoms with Gasteiger partial charge in [-0.05, 0) is 36.8 Å². The van der Waals surface area contributed by atoms with Gasteiger partial charge in [0.05, 0.1) is 19.8 Å². The normalized spacial score (nSPS) is 21.8. The summed E-state index contributed by atoms with van der Waals surface area (Å²) in [7, 11) is 1.35. The molecule has 1 aliphatic heterocycles. The third-order valence-electron chi connectivity index (χ3n) is 5.59. The van der Waals surface area contributed by atoms with E-state index in [1.807, 2.05) is 13.8 Å². The van der Waals surface area contributed by atoms with Crippen LogP contribution < -0.4 is 0 Å². The second-order valence-corrected chi connectivity index (χ2v) is 7.56. The van der Waals surface area contributed by atoms with E-state index >= 15 is 0 Å². The zero-order valence-corrected chi connectivity index (χ0v) is 18.8. The summed E-state index contributed by atoms with van der Waals surface area (Å²) in [6.07, 6.45) is 5.94. The largest absolute Gasteiger partial charge is 0.498 e. The van der Waals surface area contributed by atoms with E-state index in [1.165, 1.54) is 31.1 Å². The van der Waals surface area contributed by atoms with E-state index in [0.717, 1.165) is 19.3 Å². The molecule has 1 aliphatic carbocycles. The number of allylic oxidation sites excluding steroid dienone is 4. The molecule has 5 heteroatoms. The Labute approximate surface area is 180 Å². The molecule has 1 heterocycles. The third-order valence-corrected chi connectivity index (χ3v) is 5.59. The fourth-order valence-electron chi connectivity index (χ4n) is 3.75. The van der Waals surface area contributed by atoms with Crippen LogP contribution in [0.5, 0.6) is 0 Å². The van der Waals surface area contributed by atoms with E-state index in [0.29, 0.717) is 25.4 Å². The van der Waals surface area contributed by atoms with Crippen molar-refractivity contribution < 1.29 is 23.0 Å². The van der Waals surface area contributed by atoms with Crippen molar-refractivity contribution in [3.8, 4) is 0 Å². The van der Waals surface area contributed by atoms with E-state index in [9.17, 15) is 8.78 Å². The van der Waals surface area contributed by atoms with Crippen molar-refractivity contribution in [1.29, 1.82) is 0 Å². The first-order valence-corrected chi connectivity index (χ1v) is 11.3. The van der Waals surface area contributed by atoms with Gasteiger partial charge in [-0.1, -0.05) is 51.5 Å². The van der Waals surface area contributed by atoms with Crippen molar-refractivity contribution in [2.45, 2.75) is 77.7 Å². The zero-order valence-electron chi connectivity index (χ0n) is 18.8. The van der Waals surface area contributed by atoms with Crippen molar-refractivity contribution >= 4 is 0 Å². The molecule has 0 radical (unpaired) electrons. The molecule has 0 aromatic heterocycles. The van der Waals surface area contributed by atoms with Gasteiger partial charge in [0.1, 0.15) is 18.1 Å². The maximum absolute atomic E-state index is 14.0. The van der Waals surface area contributed by atoms with Crippen LogP contribution in [0.25, 0.3) is 0 Å². The Morgan fingerprint density at radius 1 is 1.00 bits per heavy atom. The molecular formula is C25H36F2O3. The SMILES string of the molecule is CC.CCCCc1ccc(C2CCC(COC3=C(F)C(F)=C(OC)CC3)OC2)cc1. The van der Waals surface area contributed by atoms with Crippen molar-refractivity contribution in [3.05, 3.63) is 58.6 Å². The van der Waals surface area contributed by atoms with Crippen LogP contribution in [0.15, 0.2) is 47.4 Å². The lowest BCUT2D eigenvalue weighted by molar-refractivity contribution is -0.0371. The van der Waals surface area contributed by atoms with Gasteiger partial charge in [-0.3, -0.25) is 0 Å². The molecule has 0 saturated carbocycles. The highest BCUT2D eigenvalue weighted by molar-refractivity contribution is 5.29. The summed E-state index contributed by atoms with van der Waals surface area (Å²) in [4.78, 5) is 0. The average Bonchev–Trinajstić information content (AvgIpc) is 2.81. The van der Waals surface area contributed by atoms with Crippen molar-refractivity contribution in [1.82, 2.24) is 0 Å². The fourth-order valence-corrected chi connectivity index (χ4v) is 3.75. The topological polar surface area (TPSA) is 27.7 Å². The van der Waals surface area contributed by atoms with Crippen molar-refractivity contribution in [2.75, 3.05) is 20.3 Å². The Balaban J connectivity index is 0.00000155. The molecule has 1 fully saturated rings. The fraction of sp³-hybridized carbons (Fsp3) is 0.600. The van der Waals surface area contributed by atoms with Gasteiger partial charge in [0, 0.05) is 18.8 Å². The molecule has 2 atom stereocenters. The number of aryl methyl sites for hydroxylation is 1. The van der Waals surface area contributed by atoms with Gasteiger partial charge in [-0.15, -0.1) is 0 Å². The first-order valence-electron chi connectivity index (χ1n) is 11.3. The summed E-state index contributed by atoms with van der Waals surface area (Å²) in [5, 5.41) is 0. The average molecular weight is 423 g/mol. The number of hydrogen-bond donors (Lipinski definition) is 0. The maximum atomic E-state index is 14.0. The van der Waals surface area contributed by atoms with Gasteiger partial charge in [-0.2, -0.15) is 8.78 Å². The van der Waals surface area contributed by atoms with Gasteiger partial charge in [0.15, 0.2) is 11.7 Å². The minimum Gasteiger partial charge on any atom is -0.498 e. The molecule has 2 aliphatic rings. The van der Waals surface area contributed by atoms with E-state index < -0.39 is 11.7 Å². The molecule has 30 heavy (non-hydrogen) atoms. The van der Waals surface area contributed by atoms with Crippen LogP contribution in [0.4, 0.5) is 8.78 Å². The van der Waals surface area contributed by atoms with Gasteiger partial charge < -0.3 is 14.2 Å².